The molecule has 7 atom stereocenters. The van der Waals surface area contributed by atoms with Crippen LogP contribution in [0.5, 0.6) is 0 Å². The SMILES string of the molecule is CC1(C)CCC2C(=O)C[C@@H]3[C@@]4(C)C=C(C#N)C(=O)C(C)(C)[C@@H]4CC[C@@]3(C)[C@]2(C)CC[C@@H](O)CC1. The molecular weight excluding hydrogens is 422 g/mol. The number of aliphatic hydroxyl groups excluding tert-OH is 1. The van der Waals surface area contributed by atoms with Crippen molar-refractivity contribution < 1.29 is 14.7 Å². The Hall–Kier alpha value is -1.47. The van der Waals surface area contributed by atoms with E-state index in [0.29, 0.717) is 12.2 Å². The summed E-state index contributed by atoms with van der Waals surface area (Å²) in [7, 11) is 0. The summed E-state index contributed by atoms with van der Waals surface area (Å²) in [5.74, 6) is 0.544. The van der Waals surface area contributed by atoms with Crippen LogP contribution >= 0.6 is 0 Å². The predicted octanol–water partition coefficient (Wildman–Crippen LogP) is 6.42. The van der Waals surface area contributed by atoms with E-state index in [0.717, 1.165) is 51.4 Å². The van der Waals surface area contributed by atoms with E-state index in [2.05, 4.69) is 40.7 Å². The van der Waals surface area contributed by atoms with E-state index in [-0.39, 0.29) is 56.9 Å². The summed E-state index contributed by atoms with van der Waals surface area (Å²) in [6.45, 7) is 15.5. The fourth-order valence-electron chi connectivity index (χ4n) is 9.16. The Kier molecular flexibility index (Phi) is 6.04. The normalized spacial score (nSPS) is 46.3. The van der Waals surface area contributed by atoms with Gasteiger partial charge < -0.3 is 5.11 Å². The molecule has 4 aliphatic carbocycles. The standard InChI is InChI=1S/C30H45NO3/c1-26(2)12-8-20(32)9-14-29(6)21(10-13-26)22(33)16-24-28(5)17-19(18-31)25(34)27(3,4)23(28)11-15-30(24,29)7/h17,20-21,23-24,32H,8-16H2,1-7H3/t20-,21?,23-,24+,28-,29+,30+/m0/s1. The predicted molar refractivity (Wildman–Crippen MR) is 134 cm³/mol. The minimum absolute atomic E-state index is 0.0103. The highest BCUT2D eigenvalue weighted by Gasteiger charge is 2.68. The molecule has 0 aromatic heterocycles. The van der Waals surface area contributed by atoms with Gasteiger partial charge in [0.25, 0.3) is 0 Å². The molecule has 0 saturated heterocycles. The molecule has 4 nitrogen and oxygen atoms in total. The Balaban J connectivity index is 1.83. The number of hydrogen-bond donors (Lipinski definition) is 1. The van der Waals surface area contributed by atoms with Crippen molar-refractivity contribution >= 4 is 11.6 Å². The summed E-state index contributed by atoms with van der Waals surface area (Å²) in [4.78, 5) is 27.1. The fraction of sp³-hybridized carbons (Fsp3) is 0.833. The van der Waals surface area contributed by atoms with Crippen LogP contribution in [0.4, 0.5) is 0 Å². The fourth-order valence-corrected chi connectivity index (χ4v) is 9.16. The largest absolute Gasteiger partial charge is 0.393 e. The summed E-state index contributed by atoms with van der Waals surface area (Å²) in [5.41, 5.74) is -0.871. The van der Waals surface area contributed by atoms with E-state index in [4.69, 9.17) is 0 Å². The second-order valence-corrected chi connectivity index (χ2v) is 14.2. The van der Waals surface area contributed by atoms with Gasteiger partial charge in [-0.25, -0.2) is 0 Å². The van der Waals surface area contributed by atoms with Gasteiger partial charge in [0.15, 0.2) is 5.78 Å². The van der Waals surface area contributed by atoms with Gasteiger partial charge in [-0.3, -0.25) is 9.59 Å². The summed E-state index contributed by atoms with van der Waals surface area (Å²) in [6.07, 6.45) is 9.44. The second kappa shape index (κ2) is 8.02. The van der Waals surface area contributed by atoms with Gasteiger partial charge in [-0.05, 0) is 84.9 Å². The van der Waals surface area contributed by atoms with Crippen molar-refractivity contribution in [2.24, 2.45) is 44.8 Å². The number of ketones is 2. The molecule has 3 saturated carbocycles. The van der Waals surface area contributed by atoms with Crippen molar-refractivity contribution in [2.45, 2.75) is 112 Å². The van der Waals surface area contributed by atoms with E-state index in [1.165, 1.54) is 0 Å². The third kappa shape index (κ3) is 3.56. The molecule has 4 rings (SSSR count). The Labute approximate surface area is 206 Å². The van der Waals surface area contributed by atoms with Crippen molar-refractivity contribution in [2.75, 3.05) is 0 Å². The zero-order valence-electron chi connectivity index (χ0n) is 22.5. The summed E-state index contributed by atoms with van der Waals surface area (Å²) >= 11 is 0. The molecule has 188 valence electrons. The first-order chi connectivity index (χ1) is 15.6. The van der Waals surface area contributed by atoms with Crippen LogP contribution in [0, 0.1) is 56.2 Å². The number of aliphatic hydroxyl groups is 1. The van der Waals surface area contributed by atoms with Gasteiger partial charge >= 0.3 is 0 Å². The van der Waals surface area contributed by atoms with Gasteiger partial charge in [-0.2, -0.15) is 5.26 Å². The van der Waals surface area contributed by atoms with Crippen LogP contribution in [-0.2, 0) is 9.59 Å². The van der Waals surface area contributed by atoms with Crippen molar-refractivity contribution in [3.63, 3.8) is 0 Å². The maximum absolute atomic E-state index is 14.0. The number of rotatable bonds is 0. The Morgan fingerprint density at radius 1 is 0.853 bits per heavy atom. The van der Waals surface area contributed by atoms with Crippen LogP contribution in [-0.4, -0.2) is 22.8 Å². The van der Waals surface area contributed by atoms with E-state index in [1.54, 1.807) is 0 Å². The molecule has 34 heavy (non-hydrogen) atoms. The van der Waals surface area contributed by atoms with Gasteiger partial charge in [0.05, 0.1) is 11.7 Å². The van der Waals surface area contributed by atoms with Gasteiger partial charge in [-0.1, -0.05) is 54.5 Å². The van der Waals surface area contributed by atoms with E-state index < -0.39 is 5.41 Å². The Morgan fingerprint density at radius 3 is 2.09 bits per heavy atom. The molecule has 0 spiro atoms. The number of nitrogens with zero attached hydrogens (tertiary/aromatic N) is 1. The highest BCUT2D eigenvalue weighted by molar-refractivity contribution is 6.04. The lowest BCUT2D eigenvalue weighted by molar-refractivity contribution is -0.191. The smallest absolute Gasteiger partial charge is 0.178 e. The van der Waals surface area contributed by atoms with Gasteiger partial charge in [-0.15, -0.1) is 0 Å². The van der Waals surface area contributed by atoms with Gasteiger partial charge in [0, 0.05) is 17.8 Å². The number of fused-ring (bicyclic) bond motifs is 5. The third-order valence-corrected chi connectivity index (χ3v) is 11.6. The maximum atomic E-state index is 14.0. The molecule has 0 heterocycles. The first kappa shape index (κ1) is 25.6. The molecule has 0 aromatic rings. The number of carbonyl (C=O) groups is 2. The quantitative estimate of drug-likeness (QED) is 0.446. The zero-order valence-corrected chi connectivity index (χ0v) is 22.5. The monoisotopic (exact) mass is 467 g/mol. The molecule has 0 radical (unpaired) electrons. The Morgan fingerprint density at radius 2 is 1.44 bits per heavy atom. The molecule has 4 aliphatic rings. The molecule has 4 heteroatoms. The van der Waals surface area contributed by atoms with E-state index in [1.807, 2.05) is 19.9 Å². The van der Waals surface area contributed by atoms with Gasteiger partial charge in [0.1, 0.15) is 11.9 Å². The molecule has 0 aromatic carbocycles. The average molecular weight is 468 g/mol. The first-order valence-corrected chi connectivity index (χ1v) is 13.5. The summed E-state index contributed by atoms with van der Waals surface area (Å²) < 4.78 is 0. The van der Waals surface area contributed by atoms with Crippen LogP contribution in [0.3, 0.4) is 0 Å². The zero-order chi connectivity index (χ0) is 25.3. The number of carbonyl (C=O) groups excluding carboxylic acids is 2. The number of hydrogen-bond acceptors (Lipinski definition) is 4. The topological polar surface area (TPSA) is 78.2 Å². The molecule has 1 unspecified atom stereocenters. The summed E-state index contributed by atoms with van der Waals surface area (Å²) in [5, 5.41) is 20.7. The highest BCUT2D eigenvalue weighted by atomic mass is 16.3. The molecule has 0 aliphatic heterocycles. The van der Waals surface area contributed by atoms with Crippen LogP contribution < -0.4 is 0 Å². The lowest BCUT2D eigenvalue weighted by Gasteiger charge is -2.68. The number of Topliss-reactive ketones (excluding diaryl/α,β-unsaturated/α-hetero) is 2. The second-order valence-electron chi connectivity index (χ2n) is 14.2. The van der Waals surface area contributed by atoms with Crippen LogP contribution in [0.15, 0.2) is 11.6 Å². The lowest BCUT2D eigenvalue weighted by Crippen LogP contribution is -2.65. The minimum Gasteiger partial charge on any atom is -0.393 e. The van der Waals surface area contributed by atoms with Crippen LogP contribution in [0.25, 0.3) is 0 Å². The summed E-state index contributed by atoms with van der Waals surface area (Å²) in [6, 6.07) is 2.19. The van der Waals surface area contributed by atoms with Crippen molar-refractivity contribution in [3.05, 3.63) is 11.6 Å². The molecule has 0 bridgehead atoms. The van der Waals surface area contributed by atoms with E-state index in [9.17, 15) is 20.0 Å². The number of allylic oxidation sites excluding steroid dienone is 2. The van der Waals surface area contributed by atoms with Crippen molar-refractivity contribution in [1.29, 1.82) is 5.26 Å². The van der Waals surface area contributed by atoms with Crippen LogP contribution in [0.2, 0.25) is 0 Å². The van der Waals surface area contributed by atoms with Crippen molar-refractivity contribution in [1.82, 2.24) is 0 Å². The molecule has 0 amide bonds. The van der Waals surface area contributed by atoms with E-state index >= 15 is 0 Å². The maximum Gasteiger partial charge on any atom is 0.178 e. The Bertz CT molecular complexity index is 955. The molecule has 3 fully saturated rings. The van der Waals surface area contributed by atoms with Gasteiger partial charge in [0.2, 0.25) is 0 Å². The molecular formula is C30H45NO3. The lowest BCUT2D eigenvalue weighted by atomic mass is 9.35. The highest BCUT2D eigenvalue weighted by Crippen LogP contribution is 2.72. The average Bonchev–Trinajstić information content (AvgIpc) is 2.75. The van der Waals surface area contributed by atoms with Crippen molar-refractivity contribution in [3.8, 4) is 6.07 Å². The third-order valence-electron chi connectivity index (χ3n) is 11.6. The van der Waals surface area contributed by atoms with Crippen LogP contribution in [0.1, 0.15) is 106 Å². The minimum atomic E-state index is -0.604. The first-order valence-electron chi connectivity index (χ1n) is 13.5. The molecule has 1 N–H and O–H groups in total. The number of nitriles is 1.